The Balaban J connectivity index is 1.37. The van der Waals surface area contributed by atoms with Crippen LogP contribution in [0.15, 0.2) is 53.1 Å². The number of rotatable bonds is 6. The number of hydrogen-bond acceptors (Lipinski definition) is 6. The van der Waals surface area contributed by atoms with Crippen molar-refractivity contribution in [3.63, 3.8) is 0 Å². The zero-order valence-electron chi connectivity index (χ0n) is 17.8. The molecule has 1 aromatic carbocycles. The summed E-state index contributed by atoms with van der Waals surface area (Å²) in [6.07, 6.45) is 1.67. The van der Waals surface area contributed by atoms with Gasteiger partial charge in [-0.2, -0.15) is 5.26 Å². The van der Waals surface area contributed by atoms with Crippen molar-refractivity contribution in [2.45, 2.75) is 25.4 Å². The molecule has 0 atom stereocenters. The van der Waals surface area contributed by atoms with Gasteiger partial charge >= 0.3 is 0 Å². The van der Waals surface area contributed by atoms with Gasteiger partial charge in [-0.25, -0.2) is 0 Å². The van der Waals surface area contributed by atoms with Crippen LogP contribution in [0.3, 0.4) is 0 Å². The number of carbonyl (C=O) groups is 1. The maximum atomic E-state index is 13.3. The summed E-state index contributed by atoms with van der Waals surface area (Å²) in [5.74, 6) is 0.562. The Kier molecular flexibility index (Phi) is 6.18. The van der Waals surface area contributed by atoms with Crippen LogP contribution in [0.4, 0.5) is 0 Å². The van der Waals surface area contributed by atoms with Crippen molar-refractivity contribution in [1.29, 1.82) is 5.26 Å². The molecule has 1 N–H and O–H groups in total. The molecule has 0 radical (unpaired) electrons. The molecular formula is C24H22ClN5O2S. The number of para-hydroxylation sites is 1. The van der Waals surface area contributed by atoms with Crippen LogP contribution in [-0.4, -0.2) is 46.2 Å². The number of piperidine rings is 1. The van der Waals surface area contributed by atoms with Crippen LogP contribution in [0.5, 0.6) is 0 Å². The van der Waals surface area contributed by atoms with Gasteiger partial charge in [0.15, 0.2) is 5.76 Å². The lowest BCUT2D eigenvalue weighted by Crippen LogP contribution is -2.45. The summed E-state index contributed by atoms with van der Waals surface area (Å²) in [6, 6.07) is 17.8. The lowest BCUT2D eigenvalue weighted by atomic mass is 10.0. The Morgan fingerprint density at radius 1 is 1.24 bits per heavy atom. The second-order valence-electron chi connectivity index (χ2n) is 8.14. The zero-order chi connectivity index (χ0) is 22.8. The Morgan fingerprint density at radius 3 is 2.82 bits per heavy atom. The first-order valence-corrected chi connectivity index (χ1v) is 12.0. The average molecular weight is 480 g/mol. The average Bonchev–Trinajstić information content (AvgIpc) is 3.55. The molecule has 7 nitrogen and oxygen atoms in total. The highest BCUT2D eigenvalue weighted by atomic mass is 35.5. The Bertz CT molecular complexity index is 1330. The molecule has 3 aromatic heterocycles. The SMILES string of the molecule is N#CCN1CCC(NC(=O)c2cc3ccccc3n2Cc2cc(-c3ccc(Cl)s3)on2)CC1. The van der Waals surface area contributed by atoms with Crippen molar-refractivity contribution < 1.29 is 9.32 Å². The van der Waals surface area contributed by atoms with Crippen LogP contribution in [-0.2, 0) is 6.54 Å². The number of thiophene rings is 1. The second kappa shape index (κ2) is 9.40. The second-order valence-corrected chi connectivity index (χ2v) is 9.86. The molecule has 0 spiro atoms. The Labute approximate surface area is 200 Å². The third-order valence-corrected chi connectivity index (χ3v) is 7.20. The number of nitrogens with one attached hydrogen (secondary N) is 1. The van der Waals surface area contributed by atoms with Crippen LogP contribution in [0.25, 0.3) is 21.5 Å². The number of hydrogen-bond donors (Lipinski definition) is 1. The first-order chi connectivity index (χ1) is 16.1. The van der Waals surface area contributed by atoms with E-state index in [1.807, 2.05) is 53.1 Å². The molecular weight excluding hydrogens is 458 g/mol. The number of aromatic nitrogens is 2. The van der Waals surface area contributed by atoms with E-state index >= 15 is 0 Å². The number of nitrogens with zero attached hydrogens (tertiary/aromatic N) is 4. The molecule has 4 aromatic rings. The topological polar surface area (TPSA) is 87.1 Å². The van der Waals surface area contributed by atoms with Gasteiger partial charge in [0.1, 0.15) is 11.4 Å². The number of fused-ring (bicyclic) bond motifs is 1. The van der Waals surface area contributed by atoms with E-state index in [0.29, 0.717) is 28.9 Å². The monoisotopic (exact) mass is 479 g/mol. The van der Waals surface area contributed by atoms with Gasteiger partial charge in [-0.05, 0) is 37.1 Å². The Hall–Kier alpha value is -3.12. The van der Waals surface area contributed by atoms with E-state index in [9.17, 15) is 4.79 Å². The molecule has 4 heterocycles. The summed E-state index contributed by atoms with van der Waals surface area (Å²) < 4.78 is 8.21. The van der Waals surface area contributed by atoms with E-state index in [1.165, 1.54) is 11.3 Å². The van der Waals surface area contributed by atoms with Crippen molar-refractivity contribution in [3.8, 4) is 16.7 Å². The maximum absolute atomic E-state index is 13.3. The molecule has 9 heteroatoms. The highest BCUT2D eigenvalue weighted by Gasteiger charge is 2.23. The van der Waals surface area contributed by atoms with Crippen molar-refractivity contribution >= 4 is 39.7 Å². The molecule has 1 fully saturated rings. The van der Waals surface area contributed by atoms with Crippen molar-refractivity contribution in [2.24, 2.45) is 0 Å². The van der Waals surface area contributed by atoms with Crippen molar-refractivity contribution in [2.75, 3.05) is 19.6 Å². The minimum absolute atomic E-state index is 0.0983. The lowest BCUT2D eigenvalue weighted by Gasteiger charge is -2.30. The van der Waals surface area contributed by atoms with Crippen LogP contribution in [0, 0.1) is 11.3 Å². The van der Waals surface area contributed by atoms with Crippen LogP contribution >= 0.6 is 22.9 Å². The number of amides is 1. The summed E-state index contributed by atoms with van der Waals surface area (Å²) in [4.78, 5) is 16.3. The summed E-state index contributed by atoms with van der Waals surface area (Å²) in [7, 11) is 0. The molecule has 1 aliphatic rings. The van der Waals surface area contributed by atoms with Gasteiger partial charge in [0, 0.05) is 36.1 Å². The lowest BCUT2D eigenvalue weighted by molar-refractivity contribution is 0.0905. The standard InChI is InChI=1S/C24H22ClN5O2S/c25-23-6-5-22(33-23)21-14-18(28-32-21)15-30-19-4-2-1-3-16(19)13-20(30)24(31)27-17-7-10-29(11-8-17)12-9-26/h1-6,13-14,17H,7-8,10-12,15H2,(H,27,31). The summed E-state index contributed by atoms with van der Waals surface area (Å²) >= 11 is 7.48. The van der Waals surface area contributed by atoms with E-state index < -0.39 is 0 Å². The zero-order valence-corrected chi connectivity index (χ0v) is 19.4. The molecule has 0 bridgehead atoms. The van der Waals surface area contributed by atoms with E-state index in [-0.39, 0.29) is 11.9 Å². The van der Waals surface area contributed by atoms with E-state index in [0.717, 1.165) is 47.4 Å². The molecule has 1 amide bonds. The first kappa shape index (κ1) is 21.7. The fraction of sp³-hybridized carbons (Fsp3) is 0.292. The summed E-state index contributed by atoms with van der Waals surface area (Å²) in [6.45, 7) is 2.48. The number of nitriles is 1. The molecule has 0 unspecified atom stereocenters. The predicted octanol–water partition coefficient (Wildman–Crippen LogP) is 4.78. The normalized spacial score (nSPS) is 15.0. The van der Waals surface area contributed by atoms with Gasteiger partial charge in [0.2, 0.25) is 0 Å². The minimum atomic E-state index is -0.0984. The number of likely N-dealkylation sites (tertiary alicyclic amines) is 1. The summed E-state index contributed by atoms with van der Waals surface area (Å²) in [5.41, 5.74) is 2.30. The molecule has 1 aliphatic heterocycles. The quantitative estimate of drug-likeness (QED) is 0.402. The van der Waals surface area contributed by atoms with Gasteiger partial charge in [-0.3, -0.25) is 9.69 Å². The van der Waals surface area contributed by atoms with Gasteiger partial charge in [0.25, 0.3) is 5.91 Å². The van der Waals surface area contributed by atoms with Crippen molar-refractivity contribution in [3.05, 3.63) is 64.3 Å². The smallest absolute Gasteiger partial charge is 0.268 e. The molecule has 33 heavy (non-hydrogen) atoms. The fourth-order valence-corrected chi connectivity index (χ4v) is 5.27. The Morgan fingerprint density at radius 2 is 2.06 bits per heavy atom. The molecule has 1 saturated heterocycles. The molecule has 0 saturated carbocycles. The molecule has 0 aliphatic carbocycles. The van der Waals surface area contributed by atoms with Gasteiger partial charge in [-0.1, -0.05) is 35.0 Å². The summed E-state index contributed by atoms with van der Waals surface area (Å²) in [5, 5.41) is 17.3. The molecule has 5 rings (SSSR count). The van der Waals surface area contributed by atoms with E-state index in [4.69, 9.17) is 21.4 Å². The third kappa shape index (κ3) is 4.67. The minimum Gasteiger partial charge on any atom is -0.355 e. The van der Waals surface area contributed by atoms with Crippen molar-refractivity contribution in [1.82, 2.24) is 19.9 Å². The third-order valence-electron chi connectivity index (χ3n) is 5.96. The van der Waals surface area contributed by atoms with E-state index in [1.54, 1.807) is 0 Å². The number of carbonyl (C=O) groups excluding carboxylic acids is 1. The van der Waals surface area contributed by atoms with Gasteiger partial charge in [0.05, 0.1) is 28.4 Å². The largest absolute Gasteiger partial charge is 0.355 e. The van der Waals surface area contributed by atoms with Gasteiger partial charge in [-0.15, -0.1) is 11.3 Å². The van der Waals surface area contributed by atoms with Crippen LogP contribution in [0.1, 0.15) is 29.0 Å². The first-order valence-electron chi connectivity index (χ1n) is 10.8. The van der Waals surface area contributed by atoms with Crippen LogP contribution in [0.2, 0.25) is 4.34 Å². The number of benzene rings is 1. The predicted molar refractivity (Wildman–Crippen MR) is 128 cm³/mol. The van der Waals surface area contributed by atoms with Gasteiger partial charge < -0.3 is 14.4 Å². The highest BCUT2D eigenvalue weighted by Crippen LogP contribution is 2.32. The number of halogens is 1. The van der Waals surface area contributed by atoms with E-state index in [2.05, 4.69) is 21.4 Å². The molecule has 168 valence electrons. The van der Waals surface area contributed by atoms with Crippen LogP contribution < -0.4 is 5.32 Å². The fourth-order valence-electron chi connectivity index (χ4n) is 4.27. The highest BCUT2D eigenvalue weighted by molar-refractivity contribution is 7.19. The maximum Gasteiger partial charge on any atom is 0.268 e.